The first-order valence-electron chi connectivity index (χ1n) is 10.6. The molecule has 0 saturated carbocycles. The van der Waals surface area contributed by atoms with Crippen molar-refractivity contribution in [2.75, 3.05) is 5.32 Å². The number of furan rings is 1. The molecule has 0 atom stereocenters. The second-order valence-electron chi connectivity index (χ2n) is 7.98. The van der Waals surface area contributed by atoms with E-state index in [1.165, 1.54) is 22.3 Å². The van der Waals surface area contributed by atoms with Gasteiger partial charge in [0.2, 0.25) is 0 Å². The molecular formula is C29H21NO. The van der Waals surface area contributed by atoms with Crippen LogP contribution in [0.25, 0.3) is 33.9 Å². The molecule has 0 bridgehead atoms. The minimum absolute atomic E-state index is 0.882. The summed E-state index contributed by atoms with van der Waals surface area (Å²) in [7, 11) is 0. The Labute approximate surface area is 181 Å². The molecule has 0 saturated heterocycles. The van der Waals surface area contributed by atoms with Crippen LogP contribution >= 0.6 is 0 Å². The highest BCUT2D eigenvalue weighted by Gasteiger charge is 2.14. The van der Waals surface area contributed by atoms with Crippen LogP contribution in [-0.4, -0.2) is 0 Å². The summed E-state index contributed by atoms with van der Waals surface area (Å²) in [6.45, 7) is 0. The van der Waals surface area contributed by atoms with Gasteiger partial charge in [0.05, 0.1) is 0 Å². The molecule has 0 aliphatic heterocycles. The van der Waals surface area contributed by atoms with Crippen LogP contribution in [0.4, 0.5) is 11.4 Å². The van der Waals surface area contributed by atoms with Gasteiger partial charge >= 0.3 is 0 Å². The summed E-state index contributed by atoms with van der Waals surface area (Å²) in [5, 5.41) is 4.68. The smallest absolute Gasteiger partial charge is 0.135 e. The van der Waals surface area contributed by atoms with Crippen LogP contribution in [0.2, 0.25) is 0 Å². The van der Waals surface area contributed by atoms with Gasteiger partial charge in [0.1, 0.15) is 11.3 Å². The Morgan fingerprint density at radius 1 is 0.645 bits per heavy atom. The molecule has 1 aliphatic rings. The zero-order chi connectivity index (χ0) is 20.6. The van der Waals surface area contributed by atoms with E-state index in [1.54, 1.807) is 0 Å². The highest BCUT2D eigenvalue weighted by atomic mass is 16.3. The van der Waals surface area contributed by atoms with E-state index in [-0.39, 0.29) is 0 Å². The van der Waals surface area contributed by atoms with Gasteiger partial charge in [-0.3, -0.25) is 0 Å². The van der Waals surface area contributed by atoms with Crippen molar-refractivity contribution in [1.29, 1.82) is 0 Å². The third kappa shape index (κ3) is 3.43. The molecule has 0 fully saturated rings. The topological polar surface area (TPSA) is 25.2 Å². The van der Waals surface area contributed by atoms with Crippen LogP contribution in [0.1, 0.15) is 16.7 Å². The average molecular weight is 399 g/mol. The fourth-order valence-corrected chi connectivity index (χ4v) is 4.30. The van der Waals surface area contributed by atoms with E-state index < -0.39 is 0 Å². The Morgan fingerprint density at radius 2 is 1.39 bits per heavy atom. The number of fused-ring (bicyclic) bond motifs is 2. The molecule has 2 nitrogen and oxygen atoms in total. The lowest BCUT2D eigenvalue weighted by molar-refractivity contribution is 0.631. The van der Waals surface area contributed by atoms with Crippen LogP contribution in [0.15, 0.2) is 108 Å². The number of allylic oxidation sites excluding steroid dienone is 1. The molecule has 31 heavy (non-hydrogen) atoms. The van der Waals surface area contributed by atoms with Crippen LogP contribution in [0.5, 0.6) is 0 Å². The first-order valence-corrected chi connectivity index (χ1v) is 10.6. The summed E-state index contributed by atoms with van der Waals surface area (Å²) in [5.41, 5.74) is 9.44. The standard InChI is InChI=1S/C29H21NO/c1-2-8-21-16-25(15-20(21)7-1)22-10-5-12-26(17-22)30-27-13-6-11-23(18-27)29-19-24-9-3-4-14-28(24)31-29/h1-15,17-19,30H,16H2. The third-order valence-electron chi connectivity index (χ3n) is 5.86. The summed E-state index contributed by atoms with van der Waals surface area (Å²) >= 11 is 0. The Kier molecular flexibility index (Phi) is 4.21. The number of hydrogen-bond donors (Lipinski definition) is 1. The molecule has 1 heterocycles. The van der Waals surface area contributed by atoms with Crippen LogP contribution in [0.3, 0.4) is 0 Å². The van der Waals surface area contributed by atoms with Crippen molar-refractivity contribution in [3.05, 3.63) is 120 Å². The number of benzene rings is 4. The van der Waals surface area contributed by atoms with Crippen LogP contribution in [0, 0.1) is 0 Å². The summed E-state index contributed by atoms with van der Waals surface area (Å²) in [5.74, 6) is 0.882. The van der Waals surface area contributed by atoms with Gasteiger partial charge in [-0.25, -0.2) is 0 Å². The largest absolute Gasteiger partial charge is 0.456 e. The number of nitrogens with one attached hydrogen (secondary N) is 1. The number of rotatable bonds is 4. The lowest BCUT2D eigenvalue weighted by Crippen LogP contribution is -1.92. The minimum Gasteiger partial charge on any atom is -0.456 e. The molecule has 2 heteroatoms. The number of anilines is 2. The molecule has 0 unspecified atom stereocenters. The molecule has 5 aromatic rings. The van der Waals surface area contributed by atoms with Gasteiger partial charge in [0, 0.05) is 22.3 Å². The number of para-hydroxylation sites is 1. The molecule has 0 radical (unpaired) electrons. The average Bonchev–Trinajstić information content (AvgIpc) is 3.44. The van der Waals surface area contributed by atoms with Gasteiger partial charge in [0.15, 0.2) is 0 Å². The van der Waals surface area contributed by atoms with Crippen molar-refractivity contribution in [3.63, 3.8) is 0 Å². The molecule has 6 rings (SSSR count). The summed E-state index contributed by atoms with van der Waals surface area (Å²) in [6, 6.07) is 35.8. The number of hydrogen-bond acceptors (Lipinski definition) is 2. The maximum absolute atomic E-state index is 6.04. The molecule has 0 spiro atoms. The molecule has 1 aliphatic carbocycles. The van der Waals surface area contributed by atoms with E-state index in [0.717, 1.165) is 40.1 Å². The molecule has 1 aromatic heterocycles. The van der Waals surface area contributed by atoms with Gasteiger partial charge in [-0.1, -0.05) is 72.8 Å². The summed E-state index contributed by atoms with van der Waals surface area (Å²) in [4.78, 5) is 0. The van der Waals surface area contributed by atoms with E-state index in [1.807, 2.05) is 18.2 Å². The quantitative estimate of drug-likeness (QED) is 0.332. The first kappa shape index (κ1) is 17.8. The van der Waals surface area contributed by atoms with Crippen LogP contribution < -0.4 is 5.32 Å². The van der Waals surface area contributed by atoms with Gasteiger partial charge in [-0.15, -0.1) is 0 Å². The summed E-state index contributed by atoms with van der Waals surface area (Å²) in [6.07, 6.45) is 3.29. The lowest BCUT2D eigenvalue weighted by atomic mass is 10.0. The monoisotopic (exact) mass is 399 g/mol. The molecule has 4 aromatic carbocycles. The maximum atomic E-state index is 6.04. The third-order valence-corrected chi connectivity index (χ3v) is 5.86. The van der Waals surface area contributed by atoms with Crippen molar-refractivity contribution in [2.24, 2.45) is 0 Å². The Bertz CT molecular complexity index is 1410. The molecule has 0 amide bonds. The summed E-state index contributed by atoms with van der Waals surface area (Å²) < 4.78 is 6.04. The SMILES string of the molecule is C1=C(c2cccc(Nc3cccc(-c4cc5ccccc5o4)c3)c2)Cc2ccccc21. The van der Waals surface area contributed by atoms with Gasteiger partial charge in [0.25, 0.3) is 0 Å². The lowest BCUT2D eigenvalue weighted by Gasteiger charge is -2.10. The highest BCUT2D eigenvalue weighted by molar-refractivity contribution is 5.89. The van der Waals surface area contributed by atoms with Crippen molar-refractivity contribution in [1.82, 2.24) is 0 Å². The van der Waals surface area contributed by atoms with Crippen LogP contribution in [-0.2, 0) is 6.42 Å². The maximum Gasteiger partial charge on any atom is 0.135 e. The predicted octanol–water partition coefficient (Wildman–Crippen LogP) is 7.94. The molecular weight excluding hydrogens is 378 g/mol. The zero-order valence-electron chi connectivity index (χ0n) is 17.0. The van der Waals surface area contributed by atoms with E-state index in [9.17, 15) is 0 Å². The Balaban J connectivity index is 1.27. The van der Waals surface area contributed by atoms with Crippen molar-refractivity contribution in [3.8, 4) is 11.3 Å². The minimum atomic E-state index is 0.882. The van der Waals surface area contributed by atoms with Gasteiger partial charge in [-0.2, -0.15) is 0 Å². The second kappa shape index (κ2) is 7.33. The van der Waals surface area contributed by atoms with Crippen molar-refractivity contribution < 1.29 is 4.42 Å². The molecule has 148 valence electrons. The normalized spacial score (nSPS) is 12.6. The molecule has 1 N–H and O–H groups in total. The highest BCUT2D eigenvalue weighted by Crippen LogP contribution is 2.33. The zero-order valence-corrected chi connectivity index (χ0v) is 17.0. The fourth-order valence-electron chi connectivity index (χ4n) is 4.30. The van der Waals surface area contributed by atoms with E-state index in [2.05, 4.69) is 96.3 Å². The van der Waals surface area contributed by atoms with E-state index in [4.69, 9.17) is 4.42 Å². The van der Waals surface area contributed by atoms with E-state index >= 15 is 0 Å². The second-order valence-corrected chi connectivity index (χ2v) is 7.98. The van der Waals surface area contributed by atoms with Crippen molar-refractivity contribution in [2.45, 2.75) is 6.42 Å². The van der Waals surface area contributed by atoms with Gasteiger partial charge in [-0.05, 0) is 65.1 Å². The van der Waals surface area contributed by atoms with Gasteiger partial charge < -0.3 is 9.73 Å². The van der Waals surface area contributed by atoms with E-state index in [0.29, 0.717) is 0 Å². The Hall–Kier alpha value is -4.04. The first-order chi connectivity index (χ1) is 15.3. The fraction of sp³-hybridized carbons (Fsp3) is 0.0345. The Morgan fingerprint density at radius 3 is 2.23 bits per heavy atom. The predicted molar refractivity (Wildman–Crippen MR) is 129 cm³/mol. The van der Waals surface area contributed by atoms with Crippen molar-refractivity contribution >= 4 is 34.0 Å².